The molecule has 0 spiro atoms. The van der Waals surface area contributed by atoms with E-state index in [-0.39, 0.29) is 25.7 Å². The molecule has 5 atom stereocenters. The number of rotatable bonds is 76. The molecule has 95 heavy (non-hydrogen) atoms. The summed E-state index contributed by atoms with van der Waals surface area (Å²) in [7, 11) is -9.90. The van der Waals surface area contributed by atoms with Crippen molar-refractivity contribution < 1.29 is 80.2 Å². The van der Waals surface area contributed by atoms with Gasteiger partial charge in [0.05, 0.1) is 26.4 Å². The van der Waals surface area contributed by atoms with Gasteiger partial charge in [0.1, 0.15) is 19.3 Å². The summed E-state index contributed by atoms with van der Waals surface area (Å²) in [5, 5.41) is 10.6. The van der Waals surface area contributed by atoms with Crippen LogP contribution >= 0.6 is 15.6 Å². The van der Waals surface area contributed by atoms with Gasteiger partial charge in [0, 0.05) is 25.7 Å². The molecule has 0 radical (unpaired) electrons. The Balaban J connectivity index is 5.18. The van der Waals surface area contributed by atoms with Crippen LogP contribution < -0.4 is 0 Å². The highest BCUT2D eigenvalue weighted by molar-refractivity contribution is 7.47. The zero-order valence-corrected chi connectivity index (χ0v) is 63.6. The average Bonchev–Trinajstić information content (AvgIpc) is 3.66. The normalized spacial score (nSPS) is 13.9. The van der Waals surface area contributed by atoms with E-state index in [1.54, 1.807) is 0 Å². The van der Waals surface area contributed by atoms with Crippen LogP contribution in [-0.4, -0.2) is 96.7 Å². The quantitative estimate of drug-likeness (QED) is 0.0222. The molecule has 0 aliphatic rings. The topological polar surface area (TPSA) is 237 Å². The van der Waals surface area contributed by atoms with Crippen molar-refractivity contribution in [2.75, 3.05) is 39.6 Å². The number of phosphoric ester groups is 2. The lowest BCUT2D eigenvalue weighted by Crippen LogP contribution is -2.30. The molecule has 0 aliphatic heterocycles. The Labute approximate surface area is 581 Å². The number of carbonyl (C=O) groups is 4. The van der Waals surface area contributed by atoms with E-state index >= 15 is 0 Å². The van der Waals surface area contributed by atoms with Crippen LogP contribution in [0.2, 0.25) is 0 Å². The number of aliphatic hydroxyl groups is 1. The Hall–Kier alpha value is -1.94. The second-order valence-electron chi connectivity index (χ2n) is 27.9. The van der Waals surface area contributed by atoms with Crippen LogP contribution in [-0.2, 0) is 65.4 Å². The largest absolute Gasteiger partial charge is 0.472 e. The maximum absolute atomic E-state index is 13.1. The zero-order valence-electron chi connectivity index (χ0n) is 61.8. The van der Waals surface area contributed by atoms with Crippen LogP contribution in [0.1, 0.15) is 401 Å². The van der Waals surface area contributed by atoms with Crippen molar-refractivity contribution in [1.29, 1.82) is 0 Å². The van der Waals surface area contributed by atoms with E-state index in [9.17, 15) is 43.2 Å². The van der Waals surface area contributed by atoms with Crippen molar-refractivity contribution in [2.24, 2.45) is 5.92 Å². The molecule has 19 heteroatoms. The van der Waals surface area contributed by atoms with Gasteiger partial charge >= 0.3 is 39.5 Å². The van der Waals surface area contributed by atoms with Crippen molar-refractivity contribution >= 4 is 39.5 Å². The minimum absolute atomic E-state index is 0.107. The molecule has 0 aliphatic carbocycles. The molecule has 0 fully saturated rings. The summed E-state index contributed by atoms with van der Waals surface area (Å²) >= 11 is 0. The summed E-state index contributed by atoms with van der Waals surface area (Å²) in [6.07, 6.45) is 58.3. The Kier molecular flexibility index (Phi) is 67.7. The fourth-order valence-electron chi connectivity index (χ4n) is 11.7. The highest BCUT2D eigenvalue weighted by Gasteiger charge is 2.30. The molecule has 564 valence electrons. The summed E-state index contributed by atoms with van der Waals surface area (Å²) in [6.45, 7) is 7.30. The number of esters is 4. The standard InChI is InChI=1S/C76H148O17P2/c1-6-9-12-15-18-21-23-24-29-33-36-41-45-50-55-60-74(79)87-66-72(93-76(81)62-57-52-47-42-37-34-31-28-26-25-27-30-32-35-39-43-48-53-58-69(4)5)68-91-95(84,85)89-64-70(77)63-88-94(82,83)90-67-71(65-86-73(78)59-54-49-44-38-20-17-14-11-8-3)92-75(80)61-56-51-46-40-22-19-16-13-10-7-2/h69-72,77H,6-68H2,1-5H3,(H,82,83)(H,84,85)/t70-,71+,72+/m0/s1. The van der Waals surface area contributed by atoms with Crippen molar-refractivity contribution in [3.8, 4) is 0 Å². The molecule has 0 heterocycles. The number of aliphatic hydroxyl groups excluding tert-OH is 1. The highest BCUT2D eigenvalue weighted by atomic mass is 31.2. The second kappa shape index (κ2) is 69.2. The van der Waals surface area contributed by atoms with Gasteiger partial charge in [0.15, 0.2) is 12.2 Å². The third-order valence-electron chi connectivity index (χ3n) is 17.8. The van der Waals surface area contributed by atoms with Crippen molar-refractivity contribution in [3.05, 3.63) is 0 Å². The molecule has 0 aromatic heterocycles. The first kappa shape index (κ1) is 93.1. The first-order valence-corrected chi connectivity index (χ1v) is 42.6. The summed E-state index contributed by atoms with van der Waals surface area (Å²) < 4.78 is 68.4. The van der Waals surface area contributed by atoms with Gasteiger partial charge in [-0.2, -0.15) is 0 Å². The van der Waals surface area contributed by atoms with Gasteiger partial charge in [-0.1, -0.05) is 349 Å². The monoisotopic (exact) mass is 1400 g/mol. The van der Waals surface area contributed by atoms with Gasteiger partial charge in [0.2, 0.25) is 0 Å². The Morgan fingerprint density at radius 2 is 0.484 bits per heavy atom. The van der Waals surface area contributed by atoms with Gasteiger partial charge in [0.25, 0.3) is 0 Å². The number of hydrogen-bond acceptors (Lipinski definition) is 15. The first-order chi connectivity index (χ1) is 46.0. The molecular weight excluding hydrogens is 1250 g/mol. The van der Waals surface area contributed by atoms with Gasteiger partial charge in [-0.15, -0.1) is 0 Å². The van der Waals surface area contributed by atoms with Gasteiger partial charge < -0.3 is 33.8 Å². The first-order valence-electron chi connectivity index (χ1n) is 39.6. The van der Waals surface area contributed by atoms with Gasteiger partial charge in [-0.25, -0.2) is 9.13 Å². The van der Waals surface area contributed by atoms with Crippen LogP contribution in [0.3, 0.4) is 0 Å². The predicted molar refractivity (Wildman–Crippen MR) is 386 cm³/mol. The van der Waals surface area contributed by atoms with Crippen LogP contribution in [0.5, 0.6) is 0 Å². The molecule has 0 saturated carbocycles. The molecule has 0 amide bonds. The molecule has 0 rings (SSSR count). The number of unbranched alkanes of at least 4 members (excludes halogenated alkanes) is 48. The van der Waals surface area contributed by atoms with Crippen molar-refractivity contribution in [1.82, 2.24) is 0 Å². The fraction of sp³-hybridized carbons (Fsp3) is 0.947. The Bertz CT molecular complexity index is 1820. The van der Waals surface area contributed by atoms with E-state index in [1.165, 1.54) is 225 Å². The number of carbonyl (C=O) groups excluding carboxylic acids is 4. The summed E-state index contributed by atoms with van der Waals surface area (Å²) in [6, 6.07) is 0. The fourth-order valence-corrected chi connectivity index (χ4v) is 13.3. The zero-order chi connectivity index (χ0) is 69.8. The van der Waals surface area contributed by atoms with Gasteiger partial charge in [-0.3, -0.25) is 37.3 Å². The van der Waals surface area contributed by atoms with Crippen molar-refractivity contribution in [3.63, 3.8) is 0 Å². The Morgan fingerprint density at radius 3 is 0.716 bits per heavy atom. The van der Waals surface area contributed by atoms with E-state index in [4.69, 9.17) is 37.0 Å². The number of ether oxygens (including phenoxy) is 4. The van der Waals surface area contributed by atoms with Gasteiger partial charge in [-0.05, 0) is 31.6 Å². The minimum Gasteiger partial charge on any atom is -0.462 e. The molecule has 0 aromatic carbocycles. The Morgan fingerprint density at radius 1 is 0.284 bits per heavy atom. The van der Waals surface area contributed by atoms with Crippen LogP contribution in [0.15, 0.2) is 0 Å². The molecule has 3 N–H and O–H groups in total. The van der Waals surface area contributed by atoms with E-state index in [2.05, 4.69) is 34.6 Å². The van der Waals surface area contributed by atoms with E-state index < -0.39 is 97.5 Å². The molecule has 2 unspecified atom stereocenters. The summed E-state index contributed by atoms with van der Waals surface area (Å²) in [5.74, 6) is -1.29. The second-order valence-corrected chi connectivity index (χ2v) is 30.8. The third kappa shape index (κ3) is 70.3. The predicted octanol–water partition coefficient (Wildman–Crippen LogP) is 22.5. The van der Waals surface area contributed by atoms with Crippen molar-refractivity contribution in [2.45, 2.75) is 419 Å². The third-order valence-corrected chi connectivity index (χ3v) is 19.7. The average molecular weight is 1400 g/mol. The minimum atomic E-state index is -4.96. The summed E-state index contributed by atoms with van der Waals surface area (Å²) in [5.41, 5.74) is 0. The molecule has 17 nitrogen and oxygen atoms in total. The molecule has 0 aromatic rings. The smallest absolute Gasteiger partial charge is 0.462 e. The maximum atomic E-state index is 13.1. The molecule has 0 bridgehead atoms. The number of phosphoric acid groups is 2. The lowest BCUT2D eigenvalue weighted by Gasteiger charge is -2.21. The molecular formula is C76H148O17P2. The summed E-state index contributed by atoms with van der Waals surface area (Å²) in [4.78, 5) is 72.7. The van der Waals surface area contributed by atoms with E-state index in [0.717, 1.165) is 95.8 Å². The number of hydrogen-bond donors (Lipinski definition) is 3. The van der Waals surface area contributed by atoms with Crippen LogP contribution in [0, 0.1) is 5.92 Å². The highest BCUT2D eigenvalue weighted by Crippen LogP contribution is 2.45. The lowest BCUT2D eigenvalue weighted by atomic mass is 10.0. The molecule has 0 saturated heterocycles. The van der Waals surface area contributed by atoms with Crippen LogP contribution in [0.25, 0.3) is 0 Å². The van der Waals surface area contributed by atoms with E-state index in [1.807, 2.05) is 0 Å². The SMILES string of the molecule is CCCCCCCCCCCCCCCCCC(=O)OC[C@H](COP(=O)(O)OC[C@@H](O)COP(=O)(O)OC[C@@H](COC(=O)CCCCCCCCCCC)OC(=O)CCCCCCCCCCCC)OC(=O)CCCCCCCCCCCCCCCCCCCCC(C)C. The van der Waals surface area contributed by atoms with Crippen LogP contribution in [0.4, 0.5) is 0 Å². The lowest BCUT2D eigenvalue weighted by molar-refractivity contribution is -0.161. The maximum Gasteiger partial charge on any atom is 0.472 e. The van der Waals surface area contributed by atoms with E-state index in [0.29, 0.717) is 25.7 Å².